The summed E-state index contributed by atoms with van der Waals surface area (Å²) in [5.41, 5.74) is 5.59. The van der Waals surface area contributed by atoms with Crippen LogP contribution in [0.2, 0.25) is 5.02 Å². The average molecular weight is 347 g/mol. The van der Waals surface area contributed by atoms with Crippen LogP contribution in [0.1, 0.15) is 0 Å². The molecule has 10 heteroatoms. The van der Waals surface area contributed by atoms with Gasteiger partial charge in [0.05, 0.1) is 10.7 Å². The fourth-order valence-electron chi connectivity index (χ4n) is 1.82. The predicted octanol–water partition coefficient (Wildman–Crippen LogP) is 2.57. The van der Waals surface area contributed by atoms with Crippen molar-refractivity contribution < 1.29 is 12.8 Å². The Bertz CT molecular complexity index is 935. The molecule has 0 spiro atoms. The van der Waals surface area contributed by atoms with Gasteiger partial charge in [0.15, 0.2) is 10.8 Å². The molecule has 6 nitrogen and oxygen atoms in total. The first-order valence-corrected chi connectivity index (χ1v) is 8.31. The highest BCUT2D eigenvalue weighted by atomic mass is 35.5. The fraction of sp³-hybridized carbons (Fsp3) is 0. The topological polar surface area (TPSA) is 89.5 Å². The van der Waals surface area contributed by atoms with E-state index in [-0.39, 0.29) is 21.6 Å². The first kappa shape index (κ1) is 14.1. The van der Waals surface area contributed by atoms with Gasteiger partial charge in [-0.25, -0.2) is 9.37 Å². The lowest BCUT2D eigenvalue weighted by molar-refractivity contribution is 0.597. The zero-order chi connectivity index (χ0) is 15.2. The van der Waals surface area contributed by atoms with Gasteiger partial charge >= 0.3 is 0 Å². The summed E-state index contributed by atoms with van der Waals surface area (Å²) in [5.74, 6) is -0.749. The van der Waals surface area contributed by atoms with Crippen LogP contribution in [0.15, 0.2) is 34.8 Å². The molecule has 0 aliphatic rings. The Labute approximate surface area is 128 Å². The zero-order valence-electron chi connectivity index (χ0n) is 10.2. The van der Waals surface area contributed by atoms with Crippen LogP contribution >= 0.6 is 22.9 Å². The van der Waals surface area contributed by atoms with E-state index in [1.54, 1.807) is 5.38 Å². The van der Waals surface area contributed by atoms with E-state index in [2.05, 4.69) is 9.71 Å². The molecule has 0 atom stereocenters. The Balaban J connectivity index is 2.10. The number of thiazole rings is 1. The third-order valence-electron chi connectivity index (χ3n) is 2.67. The molecule has 3 N–H and O–H groups in total. The standard InChI is InChI=1S/C11H8ClFN4O2S2/c12-7-2-1-6(13)5-8(7)16-21(18,19)10-9(14)15-11-17(10)3-4-20-11/h1-5,16H,14H2. The van der Waals surface area contributed by atoms with E-state index < -0.39 is 15.8 Å². The van der Waals surface area contributed by atoms with Crippen molar-refractivity contribution in [3.8, 4) is 0 Å². The number of aromatic nitrogens is 2. The van der Waals surface area contributed by atoms with Crippen LogP contribution in [0.3, 0.4) is 0 Å². The number of imidazole rings is 1. The van der Waals surface area contributed by atoms with Crippen molar-refractivity contribution in [1.29, 1.82) is 0 Å². The summed E-state index contributed by atoms with van der Waals surface area (Å²) < 4.78 is 41.6. The summed E-state index contributed by atoms with van der Waals surface area (Å²) in [4.78, 5) is 4.40. The molecule has 21 heavy (non-hydrogen) atoms. The summed E-state index contributed by atoms with van der Waals surface area (Å²) in [6.07, 6.45) is 1.53. The monoisotopic (exact) mass is 346 g/mol. The molecule has 2 heterocycles. The maximum atomic E-state index is 13.2. The summed E-state index contributed by atoms with van der Waals surface area (Å²) in [5, 5.41) is 1.54. The van der Waals surface area contributed by atoms with E-state index in [1.807, 2.05) is 0 Å². The SMILES string of the molecule is Nc1nc2sccn2c1S(=O)(=O)Nc1cc(F)ccc1Cl. The molecule has 1 aromatic carbocycles. The highest BCUT2D eigenvalue weighted by Crippen LogP contribution is 2.28. The summed E-state index contributed by atoms with van der Waals surface area (Å²) in [6, 6.07) is 3.38. The molecule has 0 bridgehead atoms. The third-order valence-corrected chi connectivity index (χ3v) is 5.16. The van der Waals surface area contributed by atoms with Gasteiger partial charge in [0.2, 0.25) is 5.03 Å². The average Bonchev–Trinajstić information content (AvgIpc) is 2.92. The Morgan fingerprint density at radius 1 is 1.43 bits per heavy atom. The molecule has 0 aliphatic heterocycles. The van der Waals surface area contributed by atoms with Crippen molar-refractivity contribution in [3.63, 3.8) is 0 Å². The van der Waals surface area contributed by atoms with E-state index in [9.17, 15) is 12.8 Å². The molecule has 0 saturated heterocycles. The molecular weight excluding hydrogens is 339 g/mol. The van der Waals surface area contributed by atoms with Crippen molar-refractivity contribution in [2.75, 3.05) is 10.5 Å². The summed E-state index contributed by atoms with van der Waals surface area (Å²) in [7, 11) is -4.06. The van der Waals surface area contributed by atoms with Crippen molar-refractivity contribution >= 4 is 49.4 Å². The highest BCUT2D eigenvalue weighted by Gasteiger charge is 2.25. The van der Waals surface area contributed by atoms with Gasteiger partial charge in [-0.1, -0.05) is 11.6 Å². The lowest BCUT2D eigenvalue weighted by Crippen LogP contribution is -2.16. The van der Waals surface area contributed by atoms with E-state index in [1.165, 1.54) is 28.0 Å². The first-order chi connectivity index (χ1) is 9.88. The van der Waals surface area contributed by atoms with Gasteiger partial charge in [0, 0.05) is 11.6 Å². The zero-order valence-corrected chi connectivity index (χ0v) is 12.6. The van der Waals surface area contributed by atoms with Crippen LogP contribution in [0.25, 0.3) is 4.96 Å². The Morgan fingerprint density at radius 2 is 2.19 bits per heavy atom. The molecule has 3 aromatic rings. The van der Waals surface area contributed by atoms with Crippen LogP contribution in [0.4, 0.5) is 15.9 Å². The van der Waals surface area contributed by atoms with Gasteiger partial charge < -0.3 is 5.73 Å². The Morgan fingerprint density at radius 3 is 2.95 bits per heavy atom. The highest BCUT2D eigenvalue weighted by molar-refractivity contribution is 7.92. The maximum Gasteiger partial charge on any atom is 0.281 e. The van der Waals surface area contributed by atoms with Gasteiger partial charge in [0.25, 0.3) is 10.0 Å². The number of sulfonamides is 1. The minimum absolute atomic E-state index is 0.0683. The lowest BCUT2D eigenvalue weighted by Gasteiger charge is -2.09. The van der Waals surface area contributed by atoms with E-state index in [0.717, 1.165) is 12.1 Å². The number of benzene rings is 1. The number of hydrogen-bond donors (Lipinski definition) is 2. The number of nitrogens with zero attached hydrogens (tertiary/aromatic N) is 2. The smallest absolute Gasteiger partial charge is 0.281 e. The number of nitrogens with two attached hydrogens (primary N) is 1. The molecule has 0 unspecified atom stereocenters. The normalized spacial score (nSPS) is 11.9. The maximum absolute atomic E-state index is 13.2. The van der Waals surface area contributed by atoms with Crippen molar-refractivity contribution in [1.82, 2.24) is 9.38 Å². The number of nitrogen functional groups attached to an aromatic ring is 1. The van der Waals surface area contributed by atoms with Crippen molar-refractivity contribution in [2.24, 2.45) is 0 Å². The second-order valence-corrected chi connectivity index (χ2v) is 6.97. The molecule has 0 fully saturated rings. The molecule has 0 saturated carbocycles. The third kappa shape index (κ3) is 2.43. The minimum atomic E-state index is -4.06. The van der Waals surface area contributed by atoms with Crippen LogP contribution in [-0.2, 0) is 10.0 Å². The van der Waals surface area contributed by atoms with Gasteiger partial charge in [0.1, 0.15) is 5.82 Å². The summed E-state index contributed by atoms with van der Waals surface area (Å²) >= 11 is 7.10. The van der Waals surface area contributed by atoms with Crippen LogP contribution < -0.4 is 10.5 Å². The van der Waals surface area contributed by atoms with Crippen molar-refractivity contribution in [2.45, 2.75) is 5.03 Å². The predicted molar refractivity (Wildman–Crippen MR) is 79.7 cm³/mol. The van der Waals surface area contributed by atoms with E-state index in [4.69, 9.17) is 17.3 Å². The molecular formula is C11H8ClFN4O2S2. The number of fused-ring (bicyclic) bond motifs is 1. The first-order valence-electron chi connectivity index (χ1n) is 5.57. The molecule has 0 aliphatic carbocycles. The Hall–Kier alpha value is -1.84. The number of rotatable bonds is 3. The second kappa shape index (κ2) is 4.86. The van der Waals surface area contributed by atoms with Crippen LogP contribution in [0.5, 0.6) is 0 Å². The van der Waals surface area contributed by atoms with Gasteiger partial charge in [-0.3, -0.25) is 9.12 Å². The van der Waals surface area contributed by atoms with Crippen molar-refractivity contribution in [3.05, 3.63) is 40.6 Å². The van der Waals surface area contributed by atoms with Gasteiger partial charge in [-0.05, 0) is 18.2 Å². The van der Waals surface area contributed by atoms with Gasteiger partial charge in [-0.2, -0.15) is 8.42 Å². The van der Waals surface area contributed by atoms with Crippen LogP contribution in [-0.4, -0.2) is 17.8 Å². The Kier molecular flexibility index (Phi) is 3.27. The molecule has 0 radical (unpaired) electrons. The number of anilines is 2. The quantitative estimate of drug-likeness (QED) is 0.762. The van der Waals surface area contributed by atoms with Crippen LogP contribution in [0, 0.1) is 5.82 Å². The van der Waals surface area contributed by atoms with E-state index >= 15 is 0 Å². The largest absolute Gasteiger partial charge is 0.381 e. The van der Waals surface area contributed by atoms with Gasteiger partial charge in [-0.15, -0.1) is 11.3 Å². The number of hydrogen-bond acceptors (Lipinski definition) is 5. The fourth-order valence-corrected chi connectivity index (χ4v) is 4.10. The minimum Gasteiger partial charge on any atom is -0.381 e. The second-order valence-electron chi connectivity index (χ2n) is 4.09. The molecule has 0 amide bonds. The molecule has 110 valence electrons. The van der Waals surface area contributed by atoms with E-state index in [0.29, 0.717) is 4.96 Å². The number of nitrogens with one attached hydrogen (secondary N) is 1. The number of halogens is 2. The molecule has 3 rings (SSSR count). The molecule has 2 aromatic heterocycles. The summed E-state index contributed by atoms with van der Waals surface area (Å²) in [6.45, 7) is 0. The lowest BCUT2D eigenvalue weighted by atomic mass is 10.3.